The second-order valence-corrected chi connectivity index (χ2v) is 4.17. The molecule has 0 aliphatic rings. The van der Waals surface area contributed by atoms with E-state index in [2.05, 4.69) is 0 Å². The van der Waals surface area contributed by atoms with E-state index >= 15 is 0 Å². The van der Waals surface area contributed by atoms with Gasteiger partial charge in [-0.05, 0) is 13.0 Å². The van der Waals surface area contributed by atoms with Crippen LogP contribution in [0.25, 0.3) is 0 Å². The predicted molar refractivity (Wildman–Crippen MR) is 73.4 cm³/mol. The molecule has 1 aromatic carbocycles. The first-order valence-corrected chi connectivity index (χ1v) is 5.88. The number of carboxylic acids is 1. The number of amides is 1. The number of rotatable bonds is 6. The van der Waals surface area contributed by atoms with E-state index in [9.17, 15) is 29.8 Å². The Morgan fingerprint density at radius 3 is 2.32 bits per heavy atom. The summed E-state index contributed by atoms with van der Waals surface area (Å²) in [6.07, 6.45) is 0. The molecule has 0 unspecified atom stereocenters. The first kappa shape index (κ1) is 17.0. The van der Waals surface area contributed by atoms with Crippen molar-refractivity contribution in [1.29, 1.82) is 0 Å². The number of carbonyl (C=O) groups excluding carboxylic acids is 1. The van der Waals surface area contributed by atoms with Crippen molar-refractivity contribution in [2.24, 2.45) is 5.73 Å². The average Bonchev–Trinajstić information content (AvgIpc) is 2.46. The number of hydrogen-bond acceptors (Lipinski definition) is 7. The second-order valence-electron chi connectivity index (χ2n) is 4.17. The first-order chi connectivity index (χ1) is 10.2. The molecule has 11 heteroatoms. The van der Waals surface area contributed by atoms with Gasteiger partial charge in [-0.3, -0.25) is 29.9 Å². The standard InChI is InChI=1S/C11H12N4O7/c1-6(11(17)18)13(10(16)5-12)8-3-2-7(14(19)20)4-9(8)15(21)22/h2-4,6H,5,12H2,1H3,(H,17,18)/t6-/m0/s1. The Morgan fingerprint density at radius 2 is 1.91 bits per heavy atom. The molecule has 0 bridgehead atoms. The Morgan fingerprint density at radius 1 is 1.32 bits per heavy atom. The molecule has 0 heterocycles. The Kier molecular flexibility index (Phi) is 5.08. The SMILES string of the molecule is C[C@@H](C(=O)O)N(C(=O)CN)c1ccc([N+](=O)[O-])cc1[N+](=O)[O-]. The van der Waals surface area contributed by atoms with Crippen molar-refractivity contribution in [3.05, 3.63) is 38.4 Å². The number of nitro groups is 2. The summed E-state index contributed by atoms with van der Waals surface area (Å²) in [6, 6.07) is 1.11. The molecule has 0 aromatic heterocycles. The lowest BCUT2D eigenvalue weighted by atomic mass is 10.1. The van der Waals surface area contributed by atoms with Gasteiger partial charge in [0.15, 0.2) is 0 Å². The van der Waals surface area contributed by atoms with Crippen LogP contribution in [-0.2, 0) is 9.59 Å². The van der Waals surface area contributed by atoms with Gasteiger partial charge in [0.05, 0.1) is 22.5 Å². The summed E-state index contributed by atoms with van der Waals surface area (Å²) >= 11 is 0. The summed E-state index contributed by atoms with van der Waals surface area (Å²) in [7, 11) is 0. The van der Waals surface area contributed by atoms with Gasteiger partial charge in [0.25, 0.3) is 11.4 Å². The third-order valence-corrected chi connectivity index (χ3v) is 2.81. The maximum Gasteiger partial charge on any atom is 0.326 e. The molecule has 22 heavy (non-hydrogen) atoms. The van der Waals surface area contributed by atoms with Crippen LogP contribution in [0.2, 0.25) is 0 Å². The van der Waals surface area contributed by atoms with Gasteiger partial charge >= 0.3 is 5.97 Å². The minimum absolute atomic E-state index is 0.374. The highest BCUT2D eigenvalue weighted by Gasteiger charge is 2.32. The zero-order valence-corrected chi connectivity index (χ0v) is 11.3. The highest BCUT2D eigenvalue weighted by molar-refractivity contribution is 6.01. The molecule has 11 nitrogen and oxygen atoms in total. The molecule has 1 atom stereocenters. The number of nitrogens with zero attached hydrogens (tertiary/aromatic N) is 3. The summed E-state index contributed by atoms with van der Waals surface area (Å²) in [5, 5.41) is 30.8. The number of aliphatic carboxylic acids is 1. The highest BCUT2D eigenvalue weighted by Crippen LogP contribution is 2.33. The van der Waals surface area contributed by atoms with E-state index in [-0.39, 0.29) is 5.69 Å². The molecule has 0 aliphatic heterocycles. The third kappa shape index (κ3) is 3.32. The number of carbonyl (C=O) groups is 2. The summed E-state index contributed by atoms with van der Waals surface area (Å²) in [6.45, 7) is 0.562. The molecule has 1 rings (SSSR count). The smallest absolute Gasteiger partial charge is 0.326 e. The Balaban J connectivity index is 3.53. The van der Waals surface area contributed by atoms with Crippen LogP contribution in [0.15, 0.2) is 18.2 Å². The van der Waals surface area contributed by atoms with Crippen LogP contribution in [0.1, 0.15) is 6.92 Å². The fourth-order valence-electron chi connectivity index (χ4n) is 1.74. The molecule has 0 saturated heterocycles. The van der Waals surface area contributed by atoms with Gasteiger partial charge in [-0.2, -0.15) is 0 Å². The van der Waals surface area contributed by atoms with Crippen molar-refractivity contribution in [2.45, 2.75) is 13.0 Å². The lowest BCUT2D eigenvalue weighted by Gasteiger charge is -2.25. The van der Waals surface area contributed by atoms with Crippen molar-refractivity contribution >= 4 is 28.9 Å². The topological polar surface area (TPSA) is 170 Å². The molecular formula is C11H12N4O7. The van der Waals surface area contributed by atoms with E-state index in [0.717, 1.165) is 19.1 Å². The lowest BCUT2D eigenvalue weighted by molar-refractivity contribution is -0.393. The quantitative estimate of drug-likeness (QED) is 0.556. The van der Waals surface area contributed by atoms with Crippen LogP contribution in [0.4, 0.5) is 17.1 Å². The van der Waals surface area contributed by atoms with Gasteiger partial charge < -0.3 is 10.8 Å². The number of benzene rings is 1. The predicted octanol–water partition coefficient (Wildman–Crippen LogP) is 0.268. The normalized spacial score (nSPS) is 11.5. The number of carboxylic acid groups (broad SMARTS) is 1. The summed E-state index contributed by atoms with van der Waals surface area (Å²) < 4.78 is 0. The van der Waals surface area contributed by atoms with Gasteiger partial charge in [-0.25, -0.2) is 4.79 Å². The largest absolute Gasteiger partial charge is 0.480 e. The average molecular weight is 312 g/mol. The van der Waals surface area contributed by atoms with E-state index in [0.29, 0.717) is 11.0 Å². The monoisotopic (exact) mass is 312 g/mol. The lowest BCUT2D eigenvalue weighted by Crippen LogP contribution is -2.46. The molecule has 0 saturated carbocycles. The maximum absolute atomic E-state index is 11.8. The minimum Gasteiger partial charge on any atom is -0.480 e. The van der Waals surface area contributed by atoms with Crippen LogP contribution >= 0.6 is 0 Å². The molecule has 1 amide bonds. The molecule has 0 spiro atoms. The van der Waals surface area contributed by atoms with Crippen molar-refractivity contribution < 1.29 is 24.5 Å². The Hall–Kier alpha value is -3.08. The molecule has 0 aliphatic carbocycles. The van der Waals surface area contributed by atoms with Gasteiger partial charge in [-0.15, -0.1) is 0 Å². The van der Waals surface area contributed by atoms with Crippen molar-refractivity contribution in [1.82, 2.24) is 0 Å². The van der Waals surface area contributed by atoms with Gasteiger partial charge in [0.1, 0.15) is 11.7 Å². The van der Waals surface area contributed by atoms with Gasteiger partial charge in [-0.1, -0.05) is 0 Å². The fourth-order valence-corrected chi connectivity index (χ4v) is 1.74. The van der Waals surface area contributed by atoms with Crippen molar-refractivity contribution in [3.8, 4) is 0 Å². The number of hydrogen-bond donors (Lipinski definition) is 2. The van der Waals surface area contributed by atoms with Gasteiger partial charge in [0, 0.05) is 6.07 Å². The van der Waals surface area contributed by atoms with Crippen LogP contribution in [0.5, 0.6) is 0 Å². The summed E-state index contributed by atoms with van der Waals surface area (Å²) in [5.41, 5.74) is 3.50. The fraction of sp³-hybridized carbons (Fsp3) is 0.273. The van der Waals surface area contributed by atoms with Crippen molar-refractivity contribution in [2.75, 3.05) is 11.4 Å². The Labute approximate surface area is 123 Å². The molecule has 0 radical (unpaired) electrons. The van der Waals surface area contributed by atoms with Gasteiger partial charge in [0.2, 0.25) is 5.91 Å². The second kappa shape index (κ2) is 6.58. The number of nitro benzene ring substituents is 2. The van der Waals surface area contributed by atoms with E-state index in [1.54, 1.807) is 0 Å². The number of nitrogens with two attached hydrogens (primary N) is 1. The number of non-ortho nitro benzene ring substituents is 1. The Bertz CT molecular complexity index is 645. The van der Waals surface area contributed by atoms with E-state index in [4.69, 9.17) is 10.8 Å². The van der Waals surface area contributed by atoms with Crippen LogP contribution in [0.3, 0.4) is 0 Å². The zero-order valence-electron chi connectivity index (χ0n) is 11.3. The van der Waals surface area contributed by atoms with Crippen LogP contribution in [0, 0.1) is 20.2 Å². The minimum atomic E-state index is -1.43. The van der Waals surface area contributed by atoms with E-state index in [1.807, 2.05) is 0 Å². The van der Waals surface area contributed by atoms with E-state index < -0.39 is 45.7 Å². The van der Waals surface area contributed by atoms with Crippen LogP contribution in [-0.4, -0.2) is 39.4 Å². The zero-order chi connectivity index (χ0) is 17.0. The highest BCUT2D eigenvalue weighted by atomic mass is 16.6. The van der Waals surface area contributed by atoms with E-state index in [1.165, 1.54) is 0 Å². The maximum atomic E-state index is 11.8. The van der Waals surface area contributed by atoms with Crippen LogP contribution < -0.4 is 10.6 Å². The number of anilines is 1. The summed E-state index contributed by atoms with van der Waals surface area (Å²) in [4.78, 5) is 43.5. The molecule has 1 aromatic rings. The first-order valence-electron chi connectivity index (χ1n) is 5.88. The molecule has 3 N–H and O–H groups in total. The third-order valence-electron chi connectivity index (χ3n) is 2.81. The molecule has 0 fully saturated rings. The molecule has 118 valence electrons. The van der Waals surface area contributed by atoms with Crippen molar-refractivity contribution in [3.63, 3.8) is 0 Å². The summed E-state index contributed by atoms with van der Waals surface area (Å²) in [5.74, 6) is -2.28. The molecular weight excluding hydrogens is 300 g/mol.